The standard InChI is InChI=1S/C16H21N5O2.2ClH/c1-9-2-4-10(5-3-9)6-7-12(22)11-8-18-14-13(19-11)15(23)21-16(17)20-14;;/h2-5,11-12,19,22H,6-8H2,1H3,(H4,17,18,20,21,23);2*1H/t11-,12-;;/m1../s1. The maximum absolute atomic E-state index is 11.9. The Bertz CT molecular complexity index is 751. The maximum atomic E-state index is 11.9. The van der Waals surface area contributed by atoms with Crippen molar-refractivity contribution in [3.8, 4) is 0 Å². The van der Waals surface area contributed by atoms with Gasteiger partial charge in [-0.1, -0.05) is 29.8 Å². The summed E-state index contributed by atoms with van der Waals surface area (Å²) in [5.41, 5.74) is 7.91. The zero-order valence-electron chi connectivity index (χ0n) is 13.8. The first-order chi connectivity index (χ1) is 11.0. The summed E-state index contributed by atoms with van der Waals surface area (Å²) >= 11 is 0. The van der Waals surface area contributed by atoms with Gasteiger partial charge in [0.15, 0.2) is 5.82 Å². The fraction of sp³-hybridized carbons (Fsp3) is 0.375. The third-order valence-corrected chi connectivity index (χ3v) is 4.07. The molecular formula is C16H23Cl2N5O2. The van der Waals surface area contributed by atoms with E-state index in [4.69, 9.17) is 5.73 Å². The number of benzene rings is 1. The summed E-state index contributed by atoms with van der Waals surface area (Å²) in [4.78, 5) is 18.4. The molecule has 0 saturated carbocycles. The lowest BCUT2D eigenvalue weighted by atomic mass is 10.00. The molecule has 0 saturated heterocycles. The molecule has 0 spiro atoms. The van der Waals surface area contributed by atoms with E-state index in [0.717, 1.165) is 6.42 Å². The Labute approximate surface area is 158 Å². The molecule has 2 atom stereocenters. The van der Waals surface area contributed by atoms with Crippen LogP contribution < -0.4 is 21.9 Å². The Morgan fingerprint density at radius 1 is 1.32 bits per heavy atom. The minimum Gasteiger partial charge on any atom is -0.391 e. The second-order valence-electron chi connectivity index (χ2n) is 5.90. The van der Waals surface area contributed by atoms with E-state index in [1.165, 1.54) is 11.1 Å². The molecule has 6 N–H and O–H groups in total. The monoisotopic (exact) mass is 387 g/mol. The first-order valence-electron chi connectivity index (χ1n) is 7.67. The van der Waals surface area contributed by atoms with Crippen LogP contribution in [0.5, 0.6) is 0 Å². The zero-order valence-corrected chi connectivity index (χ0v) is 15.4. The van der Waals surface area contributed by atoms with Gasteiger partial charge >= 0.3 is 0 Å². The van der Waals surface area contributed by atoms with Crippen molar-refractivity contribution in [3.63, 3.8) is 0 Å². The Morgan fingerprint density at radius 2 is 2.00 bits per heavy atom. The molecule has 1 aromatic carbocycles. The number of hydrogen-bond acceptors (Lipinski definition) is 6. The van der Waals surface area contributed by atoms with Crippen LogP contribution in [-0.2, 0) is 6.42 Å². The molecule has 0 fully saturated rings. The lowest BCUT2D eigenvalue weighted by molar-refractivity contribution is 0.145. The van der Waals surface area contributed by atoms with Crippen LogP contribution in [0.4, 0.5) is 17.5 Å². The van der Waals surface area contributed by atoms with Crippen LogP contribution in [-0.4, -0.2) is 33.8 Å². The topological polar surface area (TPSA) is 116 Å². The van der Waals surface area contributed by atoms with Crippen molar-refractivity contribution in [2.24, 2.45) is 0 Å². The van der Waals surface area contributed by atoms with E-state index >= 15 is 0 Å². The number of aromatic nitrogens is 2. The second-order valence-corrected chi connectivity index (χ2v) is 5.90. The van der Waals surface area contributed by atoms with Gasteiger partial charge in [0.05, 0.1) is 12.1 Å². The first-order valence-corrected chi connectivity index (χ1v) is 7.67. The van der Waals surface area contributed by atoms with Crippen molar-refractivity contribution >= 4 is 42.3 Å². The highest BCUT2D eigenvalue weighted by Crippen LogP contribution is 2.22. The van der Waals surface area contributed by atoms with E-state index in [1.807, 2.05) is 6.92 Å². The number of aryl methyl sites for hydroxylation is 2. The largest absolute Gasteiger partial charge is 0.391 e. The molecule has 3 rings (SSSR count). The van der Waals surface area contributed by atoms with Crippen molar-refractivity contribution in [1.29, 1.82) is 0 Å². The molecule has 0 radical (unpaired) electrons. The summed E-state index contributed by atoms with van der Waals surface area (Å²) in [5.74, 6) is 0.495. The second kappa shape index (κ2) is 8.94. The van der Waals surface area contributed by atoms with Gasteiger partial charge in [0.2, 0.25) is 5.95 Å². The average molecular weight is 388 g/mol. The molecule has 0 aliphatic carbocycles. The van der Waals surface area contributed by atoms with E-state index < -0.39 is 6.10 Å². The van der Waals surface area contributed by atoms with E-state index in [1.54, 1.807) is 0 Å². The number of aliphatic hydroxyl groups excluding tert-OH is 1. The molecule has 1 aromatic heterocycles. The number of nitrogens with one attached hydrogen (secondary N) is 3. The molecule has 9 heteroatoms. The van der Waals surface area contributed by atoms with E-state index in [0.29, 0.717) is 24.5 Å². The first kappa shape index (κ1) is 21.1. The number of nitrogens with two attached hydrogens (primary N) is 1. The minimum atomic E-state index is -0.575. The van der Waals surface area contributed by atoms with Gasteiger partial charge in [0, 0.05) is 6.54 Å². The van der Waals surface area contributed by atoms with Gasteiger partial charge < -0.3 is 21.5 Å². The van der Waals surface area contributed by atoms with Crippen molar-refractivity contribution < 1.29 is 5.11 Å². The summed E-state index contributed by atoms with van der Waals surface area (Å²) in [6, 6.07) is 8.02. The van der Waals surface area contributed by atoms with Gasteiger partial charge in [-0.3, -0.25) is 9.78 Å². The maximum Gasteiger partial charge on any atom is 0.277 e. The van der Waals surface area contributed by atoms with Gasteiger partial charge in [-0.15, -0.1) is 24.8 Å². The van der Waals surface area contributed by atoms with Crippen LogP contribution >= 0.6 is 24.8 Å². The number of aliphatic hydroxyl groups is 1. The molecule has 0 bridgehead atoms. The average Bonchev–Trinajstić information content (AvgIpc) is 2.53. The molecule has 2 aromatic rings. The van der Waals surface area contributed by atoms with Gasteiger partial charge in [-0.25, -0.2) is 0 Å². The smallest absolute Gasteiger partial charge is 0.277 e. The molecule has 2 heterocycles. The number of fused-ring (bicyclic) bond motifs is 1. The number of anilines is 3. The summed E-state index contributed by atoms with van der Waals surface area (Å²) in [7, 11) is 0. The van der Waals surface area contributed by atoms with Crippen LogP contribution in [0.3, 0.4) is 0 Å². The normalized spacial score (nSPS) is 16.3. The highest BCUT2D eigenvalue weighted by atomic mass is 35.5. The van der Waals surface area contributed by atoms with Crippen LogP contribution in [0.25, 0.3) is 0 Å². The summed E-state index contributed by atoms with van der Waals surface area (Å²) in [6.45, 7) is 2.53. The van der Waals surface area contributed by atoms with Crippen molar-refractivity contribution in [3.05, 3.63) is 45.7 Å². The van der Waals surface area contributed by atoms with Crippen LogP contribution in [0.1, 0.15) is 17.5 Å². The minimum absolute atomic E-state index is 0. The third-order valence-electron chi connectivity index (χ3n) is 4.07. The van der Waals surface area contributed by atoms with E-state index in [-0.39, 0.29) is 42.4 Å². The van der Waals surface area contributed by atoms with E-state index in [9.17, 15) is 9.90 Å². The number of nitrogens with zero attached hydrogens (tertiary/aromatic N) is 1. The summed E-state index contributed by atoms with van der Waals surface area (Å²) < 4.78 is 0. The number of aromatic amines is 1. The molecule has 1 aliphatic heterocycles. The highest BCUT2D eigenvalue weighted by molar-refractivity contribution is 5.85. The Balaban J connectivity index is 0.00000156. The Kier molecular flexibility index (Phi) is 7.54. The quantitative estimate of drug-likeness (QED) is 0.545. The number of nitrogen functional groups attached to an aromatic ring is 1. The van der Waals surface area contributed by atoms with E-state index in [2.05, 4.69) is 44.9 Å². The van der Waals surface area contributed by atoms with Crippen molar-refractivity contribution in [2.75, 3.05) is 22.9 Å². The molecule has 138 valence electrons. The summed E-state index contributed by atoms with van der Waals surface area (Å²) in [5, 5.41) is 16.5. The van der Waals surface area contributed by atoms with Gasteiger partial charge in [-0.05, 0) is 25.3 Å². The molecule has 25 heavy (non-hydrogen) atoms. The fourth-order valence-electron chi connectivity index (χ4n) is 2.70. The SMILES string of the molecule is Cc1ccc(CC[C@@H](O)[C@H]2CNc3nc(N)[nH]c(=O)c3N2)cc1.Cl.Cl. The number of rotatable bonds is 4. The molecule has 0 unspecified atom stereocenters. The lowest BCUT2D eigenvalue weighted by Gasteiger charge is -2.30. The van der Waals surface area contributed by atoms with Crippen molar-refractivity contribution in [2.45, 2.75) is 31.9 Å². The summed E-state index contributed by atoms with van der Waals surface area (Å²) in [6.07, 6.45) is 0.815. The molecule has 1 aliphatic rings. The number of halogens is 2. The third kappa shape index (κ3) is 5.01. The van der Waals surface area contributed by atoms with Crippen LogP contribution in [0.15, 0.2) is 29.1 Å². The van der Waals surface area contributed by atoms with Crippen LogP contribution in [0, 0.1) is 6.92 Å². The van der Waals surface area contributed by atoms with Gasteiger partial charge in [0.25, 0.3) is 5.56 Å². The predicted molar refractivity (Wildman–Crippen MR) is 105 cm³/mol. The zero-order chi connectivity index (χ0) is 16.4. The van der Waals surface area contributed by atoms with Crippen molar-refractivity contribution in [1.82, 2.24) is 9.97 Å². The van der Waals surface area contributed by atoms with Crippen LogP contribution in [0.2, 0.25) is 0 Å². The molecule has 7 nitrogen and oxygen atoms in total. The lowest BCUT2D eigenvalue weighted by Crippen LogP contribution is -2.45. The number of H-pyrrole nitrogens is 1. The van der Waals surface area contributed by atoms with Gasteiger partial charge in [0.1, 0.15) is 5.69 Å². The Hall–Kier alpha value is -1.96. The van der Waals surface area contributed by atoms with Gasteiger partial charge in [-0.2, -0.15) is 4.98 Å². The Morgan fingerprint density at radius 3 is 2.68 bits per heavy atom. The number of hydrogen-bond donors (Lipinski definition) is 5. The highest BCUT2D eigenvalue weighted by Gasteiger charge is 2.26. The predicted octanol–water partition coefficient (Wildman–Crippen LogP) is 1.70. The fourth-order valence-corrected chi connectivity index (χ4v) is 2.70. The molecular weight excluding hydrogens is 365 g/mol. The molecule has 0 amide bonds.